The second kappa shape index (κ2) is 3.95. The minimum atomic E-state index is -2.73. The molecule has 0 aromatic rings. The average Bonchev–Trinajstić information content (AvgIpc) is 2.12. The van der Waals surface area contributed by atoms with E-state index < -0.39 is 16.6 Å². The number of nitrogens with one attached hydrogen (secondary N) is 2. The van der Waals surface area contributed by atoms with Crippen molar-refractivity contribution in [1.82, 2.24) is 10.6 Å². The van der Waals surface area contributed by atoms with Crippen LogP contribution in [-0.2, 0) is 9.59 Å². The SMILES string of the molecule is O=CN[C@H]1CS(O)(O)CCNC1=O. The monoisotopic (exact) mass is 208 g/mol. The van der Waals surface area contributed by atoms with Crippen LogP contribution in [0.15, 0.2) is 0 Å². The topological polar surface area (TPSA) is 98.7 Å². The second-order valence-electron chi connectivity index (χ2n) is 2.80. The molecule has 4 N–H and O–H groups in total. The molecule has 1 heterocycles. The number of hydrogen-bond acceptors (Lipinski definition) is 4. The van der Waals surface area contributed by atoms with Crippen LogP contribution in [0.4, 0.5) is 0 Å². The smallest absolute Gasteiger partial charge is 0.244 e. The van der Waals surface area contributed by atoms with Gasteiger partial charge in [0.15, 0.2) is 0 Å². The van der Waals surface area contributed by atoms with E-state index >= 15 is 0 Å². The molecule has 0 bridgehead atoms. The summed E-state index contributed by atoms with van der Waals surface area (Å²) in [6, 6.07) is -0.829. The number of hydrogen-bond donors (Lipinski definition) is 4. The van der Waals surface area contributed by atoms with Gasteiger partial charge in [0.25, 0.3) is 0 Å². The molecule has 1 aliphatic rings. The van der Waals surface area contributed by atoms with Crippen LogP contribution in [-0.4, -0.2) is 45.5 Å². The fourth-order valence-electron chi connectivity index (χ4n) is 1.09. The Morgan fingerprint density at radius 3 is 2.92 bits per heavy atom. The molecule has 13 heavy (non-hydrogen) atoms. The summed E-state index contributed by atoms with van der Waals surface area (Å²) in [6.45, 7) is 0.234. The Morgan fingerprint density at radius 1 is 1.62 bits per heavy atom. The first-order chi connectivity index (χ1) is 6.05. The van der Waals surface area contributed by atoms with Crippen molar-refractivity contribution in [2.24, 2.45) is 0 Å². The summed E-state index contributed by atoms with van der Waals surface area (Å²) in [7, 11) is -2.73. The molecule has 1 fully saturated rings. The quantitative estimate of drug-likeness (QED) is 0.436. The zero-order valence-corrected chi connectivity index (χ0v) is 7.71. The lowest BCUT2D eigenvalue weighted by atomic mass is 10.3. The summed E-state index contributed by atoms with van der Waals surface area (Å²) >= 11 is 0. The van der Waals surface area contributed by atoms with E-state index in [1.165, 1.54) is 0 Å². The molecule has 0 radical (unpaired) electrons. The Labute approximate surface area is 77.0 Å². The molecule has 6 nitrogen and oxygen atoms in total. The van der Waals surface area contributed by atoms with Crippen LogP contribution >= 0.6 is 10.6 Å². The summed E-state index contributed by atoms with van der Waals surface area (Å²) in [4.78, 5) is 21.2. The van der Waals surface area contributed by atoms with Crippen LogP contribution < -0.4 is 10.6 Å². The van der Waals surface area contributed by atoms with E-state index in [9.17, 15) is 18.7 Å². The molecule has 1 saturated heterocycles. The maximum Gasteiger partial charge on any atom is 0.244 e. The number of amides is 2. The van der Waals surface area contributed by atoms with Crippen LogP contribution in [0.2, 0.25) is 0 Å². The maximum absolute atomic E-state index is 11.2. The van der Waals surface area contributed by atoms with Crippen LogP contribution in [0.5, 0.6) is 0 Å². The van der Waals surface area contributed by atoms with Gasteiger partial charge in [0.1, 0.15) is 6.04 Å². The van der Waals surface area contributed by atoms with Crippen LogP contribution in [0, 0.1) is 0 Å². The summed E-state index contributed by atoms with van der Waals surface area (Å²) in [5.74, 6) is -0.322. The average molecular weight is 208 g/mol. The standard InChI is InChI=1S/C6H12N2O4S/c9-4-8-5-3-13(11,12)2-1-7-6(5)10/h4-5,11-12H,1-3H2,(H,7,10)(H,8,9)/t5-/m0/s1. The van der Waals surface area contributed by atoms with E-state index in [0.29, 0.717) is 6.41 Å². The van der Waals surface area contributed by atoms with Crippen molar-refractivity contribution < 1.29 is 18.7 Å². The van der Waals surface area contributed by atoms with Gasteiger partial charge in [-0.05, 0) is 0 Å². The van der Waals surface area contributed by atoms with Gasteiger partial charge in [-0.25, -0.2) is 0 Å². The van der Waals surface area contributed by atoms with Crippen molar-refractivity contribution in [3.8, 4) is 0 Å². The van der Waals surface area contributed by atoms with Gasteiger partial charge in [-0.15, -0.1) is 0 Å². The van der Waals surface area contributed by atoms with E-state index in [-0.39, 0.29) is 24.0 Å². The second-order valence-corrected chi connectivity index (χ2v) is 5.15. The van der Waals surface area contributed by atoms with Crippen molar-refractivity contribution in [2.45, 2.75) is 6.04 Å². The lowest BCUT2D eigenvalue weighted by Gasteiger charge is -2.31. The highest BCUT2D eigenvalue weighted by Crippen LogP contribution is 2.39. The van der Waals surface area contributed by atoms with Crippen molar-refractivity contribution >= 4 is 22.9 Å². The molecular formula is C6H12N2O4S. The molecule has 0 saturated carbocycles. The highest BCUT2D eigenvalue weighted by Gasteiger charge is 2.28. The Hall–Kier alpha value is -0.790. The Kier molecular flexibility index (Phi) is 3.12. The zero-order valence-electron chi connectivity index (χ0n) is 6.90. The minimum absolute atomic E-state index is 0.0996. The van der Waals surface area contributed by atoms with Crippen molar-refractivity contribution in [1.29, 1.82) is 0 Å². The summed E-state index contributed by atoms with van der Waals surface area (Å²) in [5, 5.41) is 4.71. The molecule has 7 heteroatoms. The van der Waals surface area contributed by atoms with Crippen molar-refractivity contribution in [3.63, 3.8) is 0 Å². The van der Waals surface area contributed by atoms with Gasteiger partial charge in [0.05, 0.1) is 11.5 Å². The van der Waals surface area contributed by atoms with E-state index in [4.69, 9.17) is 0 Å². The minimum Gasteiger partial charge on any atom is -0.353 e. The van der Waals surface area contributed by atoms with Gasteiger partial charge in [-0.3, -0.25) is 18.7 Å². The molecule has 2 amide bonds. The van der Waals surface area contributed by atoms with E-state index in [0.717, 1.165) is 0 Å². The van der Waals surface area contributed by atoms with E-state index in [2.05, 4.69) is 10.6 Å². The lowest BCUT2D eigenvalue weighted by molar-refractivity contribution is -0.124. The van der Waals surface area contributed by atoms with Crippen molar-refractivity contribution in [2.75, 3.05) is 18.1 Å². The highest BCUT2D eigenvalue weighted by atomic mass is 32.3. The summed E-state index contributed by atoms with van der Waals surface area (Å²) in [6.07, 6.45) is 0.380. The van der Waals surface area contributed by atoms with Crippen LogP contribution in [0.1, 0.15) is 0 Å². The van der Waals surface area contributed by atoms with Gasteiger partial charge in [0, 0.05) is 6.54 Å². The molecule has 76 valence electrons. The zero-order chi connectivity index (χ0) is 9.90. The Morgan fingerprint density at radius 2 is 2.31 bits per heavy atom. The van der Waals surface area contributed by atoms with Gasteiger partial charge in [-0.2, -0.15) is 10.6 Å². The van der Waals surface area contributed by atoms with E-state index in [1.54, 1.807) is 0 Å². The Bertz CT molecular complexity index is 221. The maximum atomic E-state index is 11.2. The molecule has 0 aromatic carbocycles. The third-order valence-electron chi connectivity index (χ3n) is 1.75. The van der Waals surface area contributed by atoms with E-state index in [1.807, 2.05) is 0 Å². The van der Waals surface area contributed by atoms with Gasteiger partial charge >= 0.3 is 0 Å². The molecular weight excluding hydrogens is 196 g/mol. The van der Waals surface area contributed by atoms with Crippen LogP contribution in [0.3, 0.4) is 0 Å². The lowest BCUT2D eigenvalue weighted by Crippen LogP contribution is -2.44. The Balaban J connectivity index is 2.67. The number of carbonyl (C=O) groups excluding carboxylic acids is 2. The number of carbonyl (C=O) groups is 2. The first-order valence-corrected chi connectivity index (χ1v) is 5.65. The molecule has 1 atom stereocenters. The highest BCUT2D eigenvalue weighted by molar-refractivity contribution is 8.24. The van der Waals surface area contributed by atoms with Gasteiger partial charge < -0.3 is 10.6 Å². The molecule has 0 unspecified atom stereocenters. The normalized spacial score (nSPS) is 29.7. The molecule has 1 rings (SSSR count). The molecule has 0 spiro atoms. The third-order valence-corrected chi connectivity index (χ3v) is 3.47. The summed E-state index contributed by atoms with van der Waals surface area (Å²) in [5.41, 5.74) is 0. The van der Waals surface area contributed by atoms with Gasteiger partial charge in [-0.1, -0.05) is 0 Å². The first kappa shape index (κ1) is 10.3. The first-order valence-electron chi connectivity index (χ1n) is 3.76. The predicted octanol–water partition coefficient (Wildman–Crippen LogP) is -1.02. The van der Waals surface area contributed by atoms with Crippen molar-refractivity contribution in [3.05, 3.63) is 0 Å². The predicted molar refractivity (Wildman–Crippen MR) is 48.6 cm³/mol. The molecule has 0 aliphatic carbocycles. The largest absolute Gasteiger partial charge is 0.353 e. The third kappa shape index (κ3) is 2.87. The molecule has 0 aromatic heterocycles. The fraction of sp³-hybridized carbons (Fsp3) is 0.667. The van der Waals surface area contributed by atoms with Crippen LogP contribution in [0.25, 0.3) is 0 Å². The fourth-order valence-corrected chi connectivity index (χ4v) is 2.47. The summed E-state index contributed by atoms with van der Waals surface area (Å²) < 4.78 is 18.7. The molecule has 1 aliphatic heterocycles. The van der Waals surface area contributed by atoms with Gasteiger partial charge in [0.2, 0.25) is 12.3 Å². The number of rotatable bonds is 2.